The number of thiol groups is 1. The van der Waals surface area contributed by atoms with Crippen molar-refractivity contribution >= 4 is 41.4 Å². The van der Waals surface area contributed by atoms with Gasteiger partial charge in [-0.3, -0.25) is 14.4 Å². The summed E-state index contributed by atoms with van der Waals surface area (Å²) in [5.41, 5.74) is 5.05. The molecule has 0 saturated heterocycles. The Bertz CT molecular complexity index is 323. The van der Waals surface area contributed by atoms with Crippen LogP contribution in [0.4, 0.5) is 0 Å². The molecule has 0 aromatic carbocycles. The lowest BCUT2D eigenvalue weighted by molar-refractivity contribution is -0.137. The lowest BCUT2D eigenvalue weighted by Gasteiger charge is -2.09. The van der Waals surface area contributed by atoms with Crippen molar-refractivity contribution in [3.8, 4) is 0 Å². The molecule has 0 heterocycles. The first kappa shape index (κ1) is 19.3. The van der Waals surface area contributed by atoms with Gasteiger partial charge < -0.3 is 10.8 Å². The molecule has 0 radical (unpaired) electrons. The first-order valence-corrected chi connectivity index (χ1v) is 8.25. The number of rotatable bonds is 12. The van der Waals surface area contributed by atoms with Crippen LogP contribution in [-0.2, 0) is 14.4 Å². The number of thioether (sulfide) groups is 1. The summed E-state index contributed by atoms with van der Waals surface area (Å²) in [6.07, 6.45) is 4.60. The van der Waals surface area contributed by atoms with Gasteiger partial charge in [-0.05, 0) is 25.7 Å². The van der Waals surface area contributed by atoms with Gasteiger partial charge >= 0.3 is 5.97 Å². The largest absolute Gasteiger partial charge is 0.481 e. The molecule has 0 saturated carbocycles. The molecule has 20 heavy (non-hydrogen) atoms. The third kappa shape index (κ3) is 13.7. The van der Waals surface area contributed by atoms with Crippen LogP contribution in [0.25, 0.3) is 0 Å². The molecule has 1 unspecified atom stereocenters. The normalized spacial score (nSPS) is 12.1. The summed E-state index contributed by atoms with van der Waals surface area (Å²) in [7, 11) is 0. The van der Waals surface area contributed by atoms with E-state index in [1.54, 1.807) is 0 Å². The average Bonchev–Trinajstić information content (AvgIpc) is 2.34. The smallest absolute Gasteiger partial charge is 0.303 e. The Kier molecular flexibility index (Phi) is 11.7. The molecule has 0 aliphatic rings. The maximum Gasteiger partial charge on any atom is 0.303 e. The summed E-state index contributed by atoms with van der Waals surface area (Å²) >= 11 is 5.68. The predicted octanol–water partition coefficient (Wildman–Crippen LogP) is 2.24. The minimum Gasteiger partial charge on any atom is -0.481 e. The Morgan fingerprint density at radius 1 is 1.05 bits per heavy atom. The number of primary amides is 1. The first-order valence-electron chi connectivity index (χ1n) is 6.75. The van der Waals surface area contributed by atoms with Gasteiger partial charge in [0.25, 0.3) is 0 Å². The van der Waals surface area contributed by atoms with Gasteiger partial charge in [0.2, 0.25) is 5.91 Å². The number of hydrogen-bond acceptors (Lipinski definition) is 5. The van der Waals surface area contributed by atoms with E-state index in [2.05, 4.69) is 12.6 Å². The average molecular weight is 321 g/mol. The number of amides is 1. The molecule has 7 heteroatoms. The number of nitrogens with two attached hydrogens (primary N) is 1. The summed E-state index contributed by atoms with van der Waals surface area (Å²) in [5, 5.41) is 8.72. The van der Waals surface area contributed by atoms with E-state index < -0.39 is 5.97 Å². The number of unbranched alkanes of at least 4 members (excludes halogenated alkanes) is 1. The van der Waals surface area contributed by atoms with Gasteiger partial charge in [-0.1, -0.05) is 18.2 Å². The standard InChI is InChI=1S/C13H23NO4S2/c14-11(15)5-2-1-4-10(19)8-9-20-13(18)7-3-6-12(16)17/h10,19H,1-9H2,(H2,14,15)(H,16,17). The number of carbonyl (C=O) groups excluding carboxylic acids is 2. The van der Waals surface area contributed by atoms with Crippen LogP contribution in [0.1, 0.15) is 51.4 Å². The molecule has 0 aliphatic heterocycles. The quantitative estimate of drug-likeness (QED) is 0.378. The SMILES string of the molecule is NC(=O)CCCCC(S)CCSC(=O)CCCC(=O)O. The summed E-state index contributed by atoms with van der Waals surface area (Å²) < 4.78 is 0. The number of carbonyl (C=O) groups is 3. The minimum atomic E-state index is -0.866. The molecular formula is C13H23NO4S2. The van der Waals surface area contributed by atoms with Gasteiger partial charge in [0, 0.05) is 30.3 Å². The zero-order valence-electron chi connectivity index (χ0n) is 11.5. The van der Waals surface area contributed by atoms with E-state index in [1.165, 1.54) is 11.8 Å². The van der Waals surface area contributed by atoms with E-state index in [1.807, 2.05) is 0 Å². The van der Waals surface area contributed by atoms with E-state index in [-0.39, 0.29) is 22.7 Å². The number of aliphatic carboxylic acids is 1. The summed E-state index contributed by atoms with van der Waals surface area (Å²) in [5.74, 6) is -0.437. The second-order valence-electron chi connectivity index (χ2n) is 4.62. The molecular weight excluding hydrogens is 298 g/mol. The van der Waals surface area contributed by atoms with Crippen LogP contribution in [0.2, 0.25) is 0 Å². The van der Waals surface area contributed by atoms with Crippen molar-refractivity contribution in [2.75, 3.05) is 5.75 Å². The second kappa shape index (κ2) is 12.1. The van der Waals surface area contributed by atoms with E-state index in [9.17, 15) is 14.4 Å². The zero-order chi connectivity index (χ0) is 15.4. The van der Waals surface area contributed by atoms with E-state index in [0.717, 1.165) is 25.7 Å². The topological polar surface area (TPSA) is 97.5 Å². The molecule has 5 nitrogen and oxygen atoms in total. The van der Waals surface area contributed by atoms with Crippen LogP contribution in [0.15, 0.2) is 0 Å². The monoisotopic (exact) mass is 321 g/mol. The van der Waals surface area contributed by atoms with Crippen molar-refractivity contribution in [3.05, 3.63) is 0 Å². The van der Waals surface area contributed by atoms with E-state index >= 15 is 0 Å². The Morgan fingerprint density at radius 2 is 1.75 bits per heavy atom. The first-order chi connectivity index (χ1) is 9.41. The van der Waals surface area contributed by atoms with Gasteiger partial charge in [-0.25, -0.2) is 0 Å². The molecule has 1 atom stereocenters. The fourth-order valence-electron chi connectivity index (χ4n) is 1.59. The fraction of sp³-hybridized carbons (Fsp3) is 0.769. The maximum absolute atomic E-state index is 11.4. The molecule has 116 valence electrons. The molecule has 0 aromatic rings. The second-order valence-corrected chi connectivity index (χ2v) is 6.50. The third-order valence-electron chi connectivity index (χ3n) is 2.70. The van der Waals surface area contributed by atoms with Crippen molar-refractivity contribution in [3.63, 3.8) is 0 Å². The number of hydrogen-bond donors (Lipinski definition) is 3. The van der Waals surface area contributed by atoms with Crippen LogP contribution in [0, 0.1) is 0 Å². The summed E-state index contributed by atoms with van der Waals surface area (Å²) in [6, 6.07) is 0. The molecule has 0 spiro atoms. The summed E-state index contributed by atoms with van der Waals surface area (Å²) in [6.45, 7) is 0. The minimum absolute atomic E-state index is 0.0421. The van der Waals surface area contributed by atoms with Crippen molar-refractivity contribution < 1.29 is 19.5 Å². The van der Waals surface area contributed by atoms with Crippen LogP contribution in [-0.4, -0.2) is 33.1 Å². The molecule has 1 amide bonds. The molecule has 3 N–H and O–H groups in total. The van der Waals surface area contributed by atoms with Gasteiger partial charge in [0.1, 0.15) is 0 Å². The van der Waals surface area contributed by atoms with Gasteiger partial charge in [0.15, 0.2) is 5.12 Å². The van der Waals surface area contributed by atoms with Crippen LogP contribution in [0.5, 0.6) is 0 Å². The maximum atomic E-state index is 11.4. The van der Waals surface area contributed by atoms with Crippen molar-refractivity contribution in [2.24, 2.45) is 5.73 Å². The fourth-order valence-corrected chi connectivity index (χ4v) is 2.99. The van der Waals surface area contributed by atoms with Gasteiger partial charge in [-0.15, -0.1) is 0 Å². The third-order valence-corrected chi connectivity index (χ3v) is 4.18. The highest BCUT2D eigenvalue weighted by Crippen LogP contribution is 2.17. The molecule has 0 fully saturated rings. The predicted molar refractivity (Wildman–Crippen MR) is 84.0 cm³/mol. The van der Waals surface area contributed by atoms with Crippen molar-refractivity contribution in [1.29, 1.82) is 0 Å². The van der Waals surface area contributed by atoms with Gasteiger partial charge in [0.05, 0.1) is 0 Å². The van der Waals surface area contributed by atoms with Crippen LogP contribution in [0.3, 0.4) is 0 Å². The highest BCUT2D eigenvalue weighted by atomic mass is 32.2. The Labute approximate surface area is 129 Å². The molecule has 0 aliphatic carbocycles. The van der Waals surface area contributed by atoms with Crippen LogP contribution >= 0.6 is 24.4 Å². The highest BCUT2D eigenvalue weighted by Gasteiger charge is 2.08. The van der Waals surface area contributed by atoms with E-state index in [4.69, 9.17) is 10.8 Å². The van der Waals surface area contributed by atoms with Gasteiger partial charge in [-0.2, -0.15) is 12.6 Å². The van der Waals surface area contributed by atoms with E-state index in [0.29, 0.717) is 25.0 Å². The Balaban J connectivity index is 3.45. The zero-order valence-corrected chi connectivity index (χ0v) is 13.3. The summed E-state index contributed by atoms with van der Waals surface area (Å²) in [4.78, 5) is 32.3. The molecule has 0 bridgehead atoms. The number of carboxylic acid groups (broad SMARTS) is 1. The number of carboxylic acids is 1. The Hall–Kier alpha value is -0.690. The Morgan fingerprint density at radius 3 is 2.35 bits per heavy atom. The molecule has 0 aromatic heterocycles. The highest BCUT2D eigenvalue weighted by molar-refractivity contribution is 8.13. The lowest BCUT2D eigenvalue weighted by Crippen LogP contribution is -2.10. The van der Waals surface area contributed by atoms with Crippen molar-refractivity contribution in [2.45, 2.75) is 56.6 Å². The lowest BCUT2D eigenvalue weighted by atomic mass is 10.1. The molecule has 0 rings (SSSR count). The van der Waals surface area contributed by atoms with Crippen LogP contribution < -0.4 is 5.73 Å². The van der Waals surface area contributed by atoms with Crippen molar-refractivity contribution in [1.82, 2.24) is 0 Å².